The third kappa shape index (κ3) is 3.07. The average Bonchev–Trinajstić information content (AvgIpc) is 2.38. The fourth-order valence-corrected chi connectivity index (χ4v) is 1.88. The summed E-state index contributed by atoms with van der Waals surface area (Å²) >= 11 is 0. The molecule has 0 radical (unpaired) electrons. The summed E-state index contributed by atoms with van der Waals surface area (Å²) in [6.07, 6.45) is 1.97. The van der Waals surface area contributed by atoms with Gasteiger partial charge in [-0.3, -0.25) is 4.79 Å². The van der Waals surface area contributed by atoms with Crippen molar-refractivity contribution in [2.24, 2.45) is 5.92 Å². The lowest BCUT2D eigenvalue weighted by Gasteiger charge is -2.21. The summed E-state index contributed by atoms with van der Waals surface area (Å²) in [6, 6.07) is 9.80. The Morgan fingerprint density at radius 3 is 2.88 bits per heavy atom. The Bertz CT molecular complexity index is 331. The zero-order valence-corrected chi connectivity index (χ0v) is 9.32. The Labute approximate surface area is 95.8 Å². The number of anilines is 1. The van der Waals surface area contributed by atoms with E-state index in [1.165, 1.54) is 0 Å². The Morgan fingerprint density at radius 1 is 1.38 bits per heavy atom. The van der Waals surface area contributed by atoms with Crippen molar-refractivity contribution < 1.29 is 9.53 Å². The molecule has 1 saturated heterocycles. The van der Waals surface area contributed by atoms with Crippen molar-refractivity contribution >= 4 is 11.5 Å². The maximum absolute atomic E-state index is 11.8. The van der Waals surface area contributed by atoms with Crippen molar-refractivity contribution in [1.82, 2.24) is 0 Å². The smallest absolute Gasteiger partial charge is 0.157 e. The fraction of sp³-hybridized carbons (Fsp3) is 0.462. The van der Waals surface area contributed by atoms with Gasteiger partial charge >= 0.3 is 0 Å². The zero-order valence-electron chi connectivity index (χ0n) is 9.32. The van der Waals surface area contributed by atoms with E-state index in [-0.39, 0.29) is 11.7 Å². The second kappa shape index (κ2) is 5.66. The second-order valence-electron chi connectivity index (χ2n) is 4.10. The summed E-state index contributed by atoms with van der Waals surface area (Å²) in [7, 11) is 0. The quantitative estimate of drug-likeness (QED) is 0.842. The lowest BCUT2D eigenvalue weighted by molar-refractivity contribution is -0.125. The summed E-state index contributed by atoms with van der Waals surface area (Å²) in [5.41, 5.74) is 0.993. The first-order valence-corrected chi connectivity index (χ1v) is 5.75. The molecule has 0 saturated carbocycles. The topological polar surface area (TPSA) is 38.3 Å². The van der Waals surface area contributed by atoms with Gasteiger partial charge in [0.25, 0.3) is 0 Å². The summed E-state index contributed by atoms with van der Waals surface area (Å²) in [4.78, 5) is 11.8. The Balaban J connectivity index is 1.79. The summed E-state index contributed by atoms with van der Waals surface area (Å²) in [5, 5.41) is 3.14. The van der Waals surface area contributed by atoms with Crippen molar-refractivity contribution in [3.63, 3.8) is 0 Å². The Kier molecular flexibility index (Phi) is 3.94. The van der Waals surface area contributed by atoms with E-state index in [1.807, 2.05) is 30.3 Å². The van der Waals surface area contributed by atoms with E-state index in [1.54, 1.807) is 0 Å². The van der Waals surface area contributed by atoms with E-state index < -0.39 is 0 Å². The van der Waals surface area contributed by atoms with Gasteiger partial charge in [0, 0.05) is 18.2 Å². The summed E-state index contributed by atoms with van der Waals surface area (Å²) in [6.45, 7) is 1.79. The van der Waals surface area contributed by atoms with Crippen LogP contribution in [-0.4, -0.2) is 25.5 Å². The highest BCUT2D eigenvalue weighted by atomic mass is 16.5. The molecule has 16 heavy (non-hydrogen) atoms. The van der Waals surface area contributed by atoms with Crippen molar-refractivity contribution in [1.29, 1.82) is 0 Å². The number of carbonyl (C=O) groups is 1. The number of carbonyl (C=O) groups excluding carboxylic acids is 1. The van der Waals surface area contributed by atoms with Gasteiger partial charge in [0.05, 0.1) is 13.2 Å². The number of benzene rings is 1. The molecule has 1 aromatic rings. The first-order chi connectivity index (χ1) is 7.86. The SMILES string of the molecule is O=C(CNc1ccccc1)C1CCCOC1. The highest BCUT2D eigenvalue weighted by molar-refractivity contribution is 5.85. The number of hydrogen-bond acceptors (Lipinski definition) is 3. The number of ketones is 1. The molecule has 0 spiro atoms. The van der Waals surface area contributed by atoms with Gasteiger partial charge < -0.3 is 10.1 Å². The Hall–Kier alpha value is -1.35. The average molecular weight is 219 g/mol. The van der Waals surface area contributed by atoms with E-state index in [2.05, 4.69) is 5.32 Å². The van der Waals surface area contributed by atoms with Crippen molar-refractivity contribution in [2.45, 2.75) is 12.8 Å². The molecule has 1 atom stereocenters. The first-order valence-electron chi connectivity index (χ1n) is 5.75. The van der Waals surface area contributed by atoms with Gasteiger partial charge in [-0.2, -0.15) is 0 Å². The van der Waals surface area contributed by atoms with Crippen LogP contribution in [0.2, 0.25) is 0 Å². The molecule has 3 heteroatoms. The normalized spacial score (nSPS) is 20.4. The third-order valence-electron chi connectivity index (χ3n) is 2.86. The molecule has 0 amide bonds. The molecule has 86 valence electrons. The van der Waals surface area contributed by atoms with Crippen LogP contribution < -0.4 is 5.32 Å². The van der Waals surface area contributed by atoms with Crippen LogP contribution in [0.3, 0.4) is 0 Å². The van der Waals surface area contributed by atoms with Crippen LogP contribution in [-0.2, 0) is 9.53 Å². The van der Waals surface area contributed by atoms with Gasteiger partial charge in [0.2, 0.25) is 0 Å². The predicted molar refractivity (Wildman–Crippen MR) is 63.5 cm³/mol. The number of para-hydroxylation sites is 1. The van der Waals surface area contributed by atoms with E-state index in [4.69, 9.17) is 4.74 Å². The van der Waals surface area contributed by atoms with Crippen LogP contribution in [0.4, 0.5) is 5.69 Å². The number of ether oxygens (including phenoxy) is 1. The van der Waals surface area contributed by atoms with Crippen LogP contribution in [0, 0.1) is 5.92 Å². The minimum atomic E-state index is 0.0879. The number of rotatable bonds is 4. The lowest BCUT2D eigenvalue weighted by Crippen LogP contribution is -2.29. The van der Waals surface area contributed by atoms with E-state index in [0.717, 1.165) is 25.1 Å². The van der Waals surface area contributed by atoms with Gasteiger partial charge in [-0.05, 0) is 25.0 Å². The highest BCUT2D eigenvalue weighted by Gasteiger charge is 2.20. The van der Waals surface area contributed by atoms with Crippen molar-refractivity contribution in [3.8, 4) is 0 Å². The molecule has 1 unspecified atom stereocenters. The summed E-state index contributed by atoms with van der Waals surface area (Å²) in [5.74, 6) is 0.341. The van der Waals surface area contributed by atoms with Crippen molar-refractivity contribution in [2.75, 3.05) is 25.1 Å². The van der Waals surface area contributed by atoms with Crippen LogP contribution in [0.15, 0.2) is 30.3 Å². The zero-order chi connectivity index (χ0) is 11.2. The van der Waals surface area contributed by atoms with Gasteiger partial charge in [-0.25, -0.2) is 0 Å². The number of Topliss-reactive ketones (excluding diaryl/α,β-unsaturated/α-hetero) is 1. The van der Waals surface area contributed by atoms with Gasteiger partial charge in [-0.1, -0.05) is 18.2 Å². The molecule has 1 fully saturated rings. The molecule has 1 N–H and O–H groups in total. The molecule has 1 heterocycles. The van der Waals surface area contributed by atoms with Crippen LogP contribution in [0.5, 0.6) is 0 Å². The minimum Gasteiger partial charge on any atom is -0.381 e. The molecule has 1 aliphatic heterocycles. The maximum Gasteiger partial charge on any atom is 0.157 e. The molecule has 0 aliphatic carbocycles. The van der Waals surface area contributed by atoms with Crippen molar-refractivity contribution in [3.05, 3.63) is 30.3 Å². The fourth-order valence-electron chi connectivity index (χ4n) is 1.88. The van der Waals surface area contributed by atoms with Crippen LogP contribution in [0.25, 0.3) is 0 Å². The van der Waals surface area contributed by atoms with Gasteiger partial charge in [0.1, 0.15) is 0 Å². The molecule has 1 aromatic carbocycles. The highest BCUT2D eigenvalue weighted by Crippen LogP contribution is 2.15. The molecule has 2 rings (SSSR count). The van der Waals surface area contributed by atoms with Gasteiger partial charge in [0.15, 0.2) is 5.78 Å². The maximum atomic E-state index is 11.8. The predicted octanol–water partition coefficient (Wildman–Crippen LogP) is 2.09. The molecule has 3 nitrogen and oxygen atoms in total. The molecular formula is C13H17NO2. The molecule has 0 bridgehead atoms. The molecule has 0 aromatic heterocycles. The summed E-state index contributed by atoms with van der Waals surface area (Å²) < 4.78 is 5.31. The Morgan fingerprint density at radius 2 is 2.19 bits per heavy atom. The van der Waals surface area contributed by atoms with Gasteiger partial charge in [-0.15, -0.1) is 0 Å². The first kappa shape index (κ1) is 11.1. The number of nitrogens with one attached hydrogen (secondary N) is 1. The van der Waals surface area contributed by atoms with Crippen LogP contribution >= 0.6 is 0 Å². The standard InChI is InChI=1S/C13H17NO2/c15-13(11-5-4-8-16-10-11)9-14-12-6-2-1-3-7-12/h1-3,6-7,11,14H,4-5,8-10H2. The third-order valence-corrected chi connectivity index (χ3v) is 2.86. The minimum absolute atomic E-state index is 0.0879. The van der Waals surface area contributed by atoms with E-state index in [9.17, 15) is 4.79 Å². The largest absolute Gasteiger partial charge is 0.381 e. The molecule has 1 aliphatic rings. The monoisotopic (exact) mass is 219 g/mol. The second-order valence-corrected chi connectivity index (χ2v) is 4.10. The molecular weight excluding hydrogens is 202 g/mol. The van der Waals surface area contributed by atoms with Crippen LogP contribution in [0.1, 0.15) is 12.8 Å². The van der Waals surface area contributed by atoms with E-state index >= 15 is 0 Å². The lowest BCUT2D eigenvalue weighted by atomic mass is 9.97. The number of hydrogen-bond donors (Lipinski definition) is 1. The van der Waals surface area contributed by atoms with E-state index in [0.29, 0.717) is 13.2 Å².